The summed E-state index contributed by atoms with van der Waals surface area (Å²) in [5.41, 5.74) is 1.19. The fraction of sp³-hybridized carbons (Fsp3) is 0.263. The predicted octanol–water partition coefficient (Wildman–Crippen LogP) is 5.57. The van der Waals surface area contributed by atoms with E-state index in [1.165, 1.54) is 6.07 Å². The Labute approximate surface area is 167 Å². The maximum atomic E-state index is 12.5. The van der Waals surface area contributed by atoms with Crippen molar-refractivity contribution in [3.63, 3.8) is 0 Å². The van der Waals surface area contributed by atoms with E-state index in [2.05, 4.69) is 5.32 Å². The van der Waals surface area contributed by atoms with E-state index in [1.54, 1.807) is 36.4 Å². The number of rotatable bonds is 6. The van der Waals surface area contributed by atoms with Crippen molar-refractivity contribution < 1.29 is 14.3 Å². The van der Waals surface area contributed by atoms with Crippen LogP contribution in [0.15, 0.2) is 42.5 Å². The molecular weight excluding hydrogens is 397 g/mol. The zero-order chi connectivity index (χ0) is 19.3. The summed E-state index contributed by atoms with van der Waals surface area (Å²) in [6.07, 6.45) is 0. The van der Waals surface area contributed by atoms with Crippen molar-refractivity contribution in [3.05, 3.63) is 63.1 Å². The van der Waals surface area contributed by atoms with Gasteiger partial charge in [-0.3, -0.25) is 9.59 Å². The number of carbonyl (C=O) groups is 2. The highest BCUT2D eigenvalue weighted by atomic mass is 35.5. The van der Waals surface area contributed by atoms with Gasteiger partial charge >= 0.3 is 5.97 Å². The lowest BCUT2D eigenvalue weighted by molar-refractivity contribution is -0.149. The minimum atomic E-state index is -0.487. The Balaban J connectivity index is 1.98. The molecule has 0 unspecified atom stereocenters. The van der Waals surface area contributed by atoms with Gasteiger partial charge in [0, 0.05) is 10.0 Å². The number of hydrogen-bond acceptors (Lipinski definition) is 3. The molecule has 4 nitrogen and oxygen atoms in total. The van der Waals surface area contributed by atoms with E-state index in [0.717, 1.165) is 5.56 Å². The van der Waals surface area contributed by atoms with E-state index in [1.807, 2.05) is 13.8 Å². The summed E-state index contributed by atoms with van der Waals surface area (Å²) in [4.78, 5) is 24.5. The summed E-state index contributed by atoms with van der Waals surface area (Å²) in [6, 6.07) is 11.7. The molecule has 0 aliphatic rings. The van der Waals surface area contributed by atoms with Gasteiger partial charge in [-0.1, -0.05) is 60.8 Å². The highest BCUT2D eigenvalue weighted by Crippen LogP contribution is 2.28. The largest absolute Gasteiger partial charge is 0.455 e. The van der Waals surface area contributed by atoms with E-state index in [0.29, 0.717) is 20.8 Å². The number of hydrogen-bond donors (Lipinski definition) is 1. The van der Waals surface area contributed by atoms with Crippen molar-refractivity contribution >= 4 is 52.4 Å². The summed E-state index contributed by atoms with van der Waals surface area (Å²) in [5.74, 6) is -1.45. The van der Waals surface area contributed by atoms with Crippen LogP contribution in [0.5, 0.6) is 0 Å². The van der Waals surface area contributed by atoms with E-state index >= 15 is 0 Å². The first-order valence-corrected chi connectivity index (χ1v) is 9.08. The Morgan fingerprint density at radius 3 is 2.19 bits per heavy atom. The van der Waals surface area contributed by atoms with Gasteiger partial charge in [-0.05, 0) is 41.8 Å². The highest BCUT2D eigenvalue weighted by molar-refractivity contribution is 6.36. The molecule has 0 heterocycles. The second kappa shape index (κ2) is 9.26. The summed E-state index contributed by atoms with van der Waals surface area (Å²) in [6.45, 7) is 3.41. The number of halogens is 3. The van der Waals surface area contributed by atoms with E-state index in [9.17, 15) is 9.59 Å². The molecule has 0 spiro atoms. The van der Waals surface area contributed by atoms with Gasteiger partial charge in [0.05, 0.1) is 16.6 Å². The van der Waals surface area contributed by atoms with Crippen molar-refractivity contribution in [2.45, 2.75) is 19.8 Å². The first-order valence-electron chi connectivity index (χ1n) is 7.95. The van der Waals surface area contributed by atoms with Gasteiger partial charge in [0.2, 0.25) is 0 Å². The molecule has 0 aliphatic heterocycles. The van der Waals surface area contributed by atoms with Crippen molar-refractivity contribution in [2.75, 3.05) is 11.9 Å². The van der Waals surface area contributed by atoms with Crippen LogP contribution in [0.2, 0.25) is 15.1 Å². The van der Waals surface area contributed by atoms with Gasteiger partial charge in [0.15, 0.2) is 6.61 Å². The van der Waals surface area contributed by atoms with Crippen molar-refractivity contribution in [1.29, 1.82) is 0 Å². The Kier molecular flexibility index (Phi) is 7.33. The lowest BCUT2D eigenvalue weighted by atomic mass is 9.88. The second-order valence-electron chi connectivity index (χ2n) is 6.05. The van der Waals surface area contributed by atoms with Crippen molar-refractivity contribution in [2.24, 2.45) is 5.92 Å². The van der Waals surface area contributed by atoms with Crippen LogP contribution in [0.3, 0.4) is 0 Å². The monoisotopic (exact) mass is 413 g/mol. The number of amides is 1. The molecule has 2 rings (SSSR count). The van der Waals surface area contributed by atoms with Gasteiger partial charge in [-0.15, -0.1) is 0 Å². The maximum Gasteiger partial charge on any atom is 0.314 e. The molecule has 1 N–H and O–H groups in total. The molecule has 0 bridgehead atoms. The quantitative estimate of drug-likeness (QED) is 0.629. The Hall–Kier alpha value is -1.75. The lowest BCUT2D eigenvalue weighted by Crippen LogP contribution is -2.26. The smallest absolute Gasteiger partial charge is 0.314 e. The molecule has 0 saturated carbocycles. The van der Waals surface area contributed by atoms with Crippen LogP contribution >= 0.6 is 34.8 Å². The zero-order valence-corrected chi connectivity index (χ0v) is 16.5. The summed E-state index contributed by atoms with van der Waals surface area (Å²) in [5, 5.41) is 3.94. The number of benzene rings is 2. The van der Waals surface area contributed by atoms with Crippen LogP contribution < -0.4 is 5.32 Å². The average Bonchev–Trinajstić information content (AvgIpc) is 2.57. The van der Waals surface area contributed by atoms with Crippen LogP contribution in [0, 0.1) is 5.92 Å². The third kappa shape index (κ3) is 5.63. The van der Waals surface area contributed by atoms with E-state index in [4.69, 9.17) is 39.5 Å². The van der Waals surface area contributed by atoms with Crippen LogP contribution in [0.4, 0.5) is 5.69 Å². The minimum absolute atomic E-state index is 0.00236. The first kappa shape index (κ1) is 20.6. The van der Waals surface area contributed by atoms with Gasteiger partial charge in [-0.2, -0.15) is 0 Å². The van der Waals surface area contributed by atoms with E-state index < -0.39 is 24.4 Å². The fourth-order valence-electron chi connectivity index (χ4n) is 2.47. The van der Waals surface area contributed by atoms with Crippen molar-refractivity contribution in [3.8, 4) is 0 Å². The Morgan fingerprint density at radius 1 is 1.00 bits per heavy atom. The standard InChI is InChI=1S/C19H18Cl3NO3/c1-11(2)18(12-3-5-13(20)6-4-12)19(25)26-10-17(24)23-16-8-7-14(21)9-15(16)22/h3-9,11,18H,10H2,1-2H3,(H,23,24)/t18-/m1/s1. The SMILES string of the molecule is CC(C)[C@@H](C(=O)OCC(=O)Nc1ccc(Cl)cc1Cl)c1ccc(Cl)cc1. The molecule has 26 heavy (non-hydrogen) atoms. The number of esters is 1. The number of anilines is 1. The minimum Gasteiger partial charge on any atom is -0.455 e. The number of carbonyl (C=O) groups excluding carboxylic acids is 2. The second-order valence-corrected chi connectivity index (χ2v) is 7.33. The molecule has 0 radical (unpaired) electrons. The van der Waals surface area contributed by atoms with Gasteiger partial charge < -0.3 is 10.1 Å². The topological polar surface area (TPSA) is 55.4 Å². The first-order chi connectivity index (χ1) is 12.3. The maximum absolute atomic E-state index is 12.5. The molecule has 2 aromatic rings. The average molecular weight is 415 g/mol. The third-order valence-corrected chi connectivity index (χ3v) is 4.50. The zero-order valence-electron chi connectivity index (χ0n) is 14.3. The molecule has 0 aliphatic carbocycles. The molecule has 0 fully saturated rings. The van der Waals surface area contributed by atoms with Crippen LogP contribution in [0.1, 0.15) is 25.3 Å². The normalized spacial score (nSPS) is 11.9. The Morgan fingerprint density at radius 2 is 1.62 bits per heavy atom. The third-order valence-electron chi connectivity index (χ3n) is 3.70. The molecule has 1 atom stereocenters. The molecular formula is C19H18Cl3NO3. The van der Waals surface area contributed by atoms with Gasteiger partial charge in [0.1, 0.15) is 0 Å². The summed E-state index contributed by atoms with van der Waals surface area (Å²) < 4.78 is 5.19. The van der Waals surface area contributed by atoms with E-state index in [-0.39, 0.29) is 5.92 Å². The predicted molar refractivity (Wildman–Crippen MR) is 105 cm³/mol. The Bertz CT molecular complexity index is 791. The van der Waals surface area contributed by atoms with Crippen molar-refractivity contribution in [1.82, 2.24) is 0 Å². The van der Waals surface area contributed by atoms with Crippen LogP contribution in [0.25, 0.3) is 0 Å². The number of nitrogens with one attached hydrogen (secondary N) is 1. The molecule has 2 aromatic carbocycles. The molecule has 7 heteroatoms. The summed E-state index contributed by atoms with van der Waals surface area (Å²) >= 11 is 17.7. The molecule has 138 valence electrons. The van der Waals surface area contributed by atoms with Gasteiger partial charge in [0.25, 0.3) is 5.91 Å². The highest BCUT2D eigenvalue weighted by Gasteiger charge is 2.26. The molecule has 1 amide bonds. The number of ether oxygens (including phenoxy) is 1. The molecule has 0 aromatic heterocycles. The lowest BCUT2D eigenvalue weighted by Gasteiger charge is -2.20. The van der Waals surface area contributed by atoms with Gasteiger partial charge in [-0.25, -0.2) is 0 Å². The summed E-state index contributed by atoms with van der Waals surface area (Å²) in [7, 11) is 0. The fourth-order valence-corrected chi connectivity index (χ4v) is 3.05. The van der Waals surface area contributed by atoms with Crippen LogP contribution in [-0.2, 0) is 14.3 Å². The van der Waals surface area contributed by atoms with Crippen LogP contribution in [-0.4, -0.2) is 18.5 Å². The molecule has 0 saturated heterocycles.